The third-order valence-corrected chi connectivity index (χ3v) is 4.52. The summed E-state index contributed by atoms with van der Waals surface area (Å²) < 4.78 is 14.5. The summed E-state index contributed by atoms with van der Waals surface area (Å²) in [5.41, 5.74) is 2.90. The summed E-state index contributed by atoms with van der Waals surface area (Å²) in [6.45, 7) is 8.60. The Hall–Kier alpha value is -1.46. The van der Waals surface area contributed by atoms with Gasteiger partial charge < -0.3 is 10.6 Å². The van der Waals surface area contributed by atoms with E-state index in [2.05, 4.69) is 71.6 Å². The van der Waals surface area contributed by atoms with Crippen molar-refractivity contribution in [1.82, 2.24) is 5.32 Å². The largest absolute Gasteiger partial charge is 0.356 e. The highest BCUT2D eigenvalue weighted by molar-refractivity contribution is 9.10. The molecule has 0 aliphatic carbocycles. The van der Waals surface area contributed by atoms with Crippen LogP contribution < -0.4 is 10.6 Å². The van der Waals surface area contributed by atoms with Crippen LogP contribution in [0.4, 0.5) is 10.1 Å². The molecule has 0 fully saturated rings. The van der Waals surface area contributed by atoms with Gasteiger partial charge in [0.05, 0.1) is 11.7 Å². The number of hydrogen-bond donors (Lipinski definition) is 2. The van der Waals surface area contributed by atoms with Gasteiger partial charge in [-0.3, -0.25) is 0 Å². The van der Waals surface area contributed by atoms with Gasteiger partial charge in [0, 0.05) is 4.47 Å². The SMILES string of the molecule is C[C@@H](NC(=S)Nc1ccc(Br)cc1F)c1ccc(C(C)(C)C)cc1. The zero-order chi connectivity index (χ0) is 17.9. The monoisotopic (exact) mass is 408 g/mol. The van der Waals surface area contributed by atoms with E-state index in [4.69, 9.17) is 12.2 Å². The zero-order valence-electron chi connectivity index (χ0n) is 14.3. The molecule has 2 aromatic rings. The summed E-state index contributed by atoms with van der Waals surface area (Å²) >= 11 is 8.53. The van der Waals surface area contributed by atoms with Crippen molar-refractivity contribution >= 4 is 38.9 Å². The summed E-state index contributed by atoms with van der Waals surface area (Å²) in [6.07, 6.45) is 0. The maximum atomic E-state index is 13.8. The van der Waals surface area contributed by atoms with Crippen LogP contribution in [0.25, 0.3) is 0 Å². The average molecular weight is 409 g/mol. The Morgan fingerprint density at radius 1 is 1.12 bits per heavy atom. The topological polar surface area (TPSA) is 24.1 Å². The standard InChI is InChI=1S/C19H22BrFN2S/c1-12(13-5-7-14(8-6-13)19(2,3)4)22-18(24)23-17-10-9-15(20)11-16(17)21/h5-12H,1-4H3,(H2,22,23,24)/t12-/m1/s1. The average Bonchev–Trinajstić information content (AvgIpc) is 2.49. The maximum Gasteiger partial charge on any atom is 0.171 e. The Balaban J connectivity index is 2.01. The molecule has 0 aliphatic heterocycles. The third-order valence-electron chi connectivity index (χ3n) is 3.80. The molecule has 0 bridgehead atoms. The first-order chi connectivity index (χ1) is 11.2. The van der Waals surface area contributed by atoms with Gasteiger partial charge in [0.25, 0.3) is 0 Å². The molecule has 0 saturated carbocycles. The summed E-state index contributed by atoms with van der Waals surface area (Å²) in [4.78, 5) is 0. The normalized spacial score (nSPS) is 12.6. The molecule has 0 aromatic heterocycles. The predicted molar refractivity (Wildman–Crippen MR) is 107 cm³/mol. The molecule has 2 N–H and O–H groups in total. The molecule has 1 atom stereocenters. The van der Waals surface area contributed by atoms with E-state index in [0.29, 0.717) is 15.3 Å². The van der Waals surface area contributed by atoms with Gasteiger partial charge in [-0.25, -0.2) is 4.39 Å². The Morgan fingerprint density at radius 2 is 1.75 bits per heavy atom. The van der Waals surface area contributed by atoms with Crippen molar-refractivity contribution in [3.8, 4) is 0 Å². The molecule has 5 heteroatoms. The first-order valence-corrected chi connectivity index (χ1v) is 9.00. The van der Waals surface area contributed by atoms with Gasteiger partial charge in [-0.15, -0.1) is 0 Å². The summed E-state index contributed by atoms with van der Waals surface area (Å²) in [5.74, 6) is -0.351. The van der Waals surface area contributed by atoms with E-state index in [9.17, 15) is 4.39 Å². The molecule has 0 aliphatic rings. The molecule has 0 amide bonds. The van der Waals surface area contributed by atoms with E-state index < -0.39 is 0 Å². The van der Waals surface area contributed by atoms with E-state index >= 15 is 0 Å². The van der Waals surface area contributed by atoms with Crippen LogP contribution in [0.15, 0.2) is 46.9 Å². The summed E-state index contributed by atoms with van der Waals surface area (Å²) in [7, 11) is 0. The predicted octanol–water partition coefficient (Wildman–Crippen LogP) is 5.93. The number of thiocarbonyl (C=S) groups is 1. The molecule has 24 heavy (non-hydrogen) atoms. The van der Waals surface area contributed by atoms with Crippen molar-refractivity contribution < 1.29 is 4.39 Å². The second kappa shape index (κ2) is 7.62. The summed E-state index contributed by atoms with van der Waals surface area (Å²) in [6, 6.07) is 13.3. The second-order valence-electron chi connectivity index (χ2n) is 6.82. The molecular weight excluding hydrogens is 387 g/mol. The quantitative estimate of drug-likeness (QED) is 0.614. The van der Waals surface area contributed by atoms with Gasteiger partial charge in [-0.2, -0.15) is 0 Å². The van der Waals surface area contributed by atoms with E-state index in [1.165, 1.54) is 11.6 Å². The fourth-order valence-electron chi connectivity index (χ4n) is 2.30. The van der Waals surface area contributed by atoms with E-state index in [-0.39, 0.29) is 17.3 Å². The highest BCUT2D eigenvalue weighted by Crippen LogP contribution is 2.24. The molecule has 0 radical (unpaired) electrons. The number of nitrogens with one attached hydrogen (secondary N) is 2. The van der Waals surface area contributed by atoms with Crippen LogP contribution in [0.3, 0.4) is 0 Å². The molecule has 128 valence electrons. The van der Waals surface area contributed by atoms with Crippen LogP contribution in [0.1, 0.15) is 44.9 Å². The van der Waals surface area contributed by atoms with Crippen molar-refractivity contribution in [3.05, 3.63) is 63.9 Å². The van der Waals surface area contributed by atoms with Crippen LogP contribution in [-0.2, 0) is 5.41 Å². The highest BCUT2D eigenvalue weighted by atomic mass is 79.9. The lowest BCUT2D eigenvalue weighted by Gasteiger charge is -2.21. The number of hydrogen-bond acceptors (Lipinski definition) is 1. The van der Waals surface area contributed by atoms with Gasteiger partial charge in [0.15, 0.2) is 5.11 Å². The van der Waals surface area contributed by atoms with Crippen LogP contribution in [0, 0.1) is 5.82 Å². The van der Waals surface area contributed by atoms with E-state index in [0.717, 1.165) is 5.56 Å². The van der Waals surface area contributed by atoms with Gasteiger partial charge in [0.2, 0.25) is 0 Å². The van der Waals surface area contributed by atoms with Gasteiger partial charge >= 0.3 is 0 Å². The lowest BCUT2D eigenvalue weighted by molar-refractivity contribution is 0.589. The fraction of sp³-hybridized carbons (Fsp3) is 0.316. The molecule has 2 nitrogen and oxygen atoms in total. The lowest BCUT2D eigenvalue weighted by Crippen LogP contribution is -2.31. The van der Waals surface area contributed by atoms with E-state index in [1.54, 1.807) is 12.1 Å². The number of anilines is 1. The maximum absolute atomic E-state index is 13.8. The number of benzene rings is 2. The van der Waals surface area contributed by atoms with E-state index in [1.807, 2.05) is 6.92 Å². The third kappa shape index (κ3) is 5.02. The van der Waals surface area contributed by atoms with Crippen molar-refractivity contribution in [2.75, 3.05) is 5.32 Å². The fourth-order valence-corrected chi connectivity index (χ4v) is 2.92. The number of halogens is 2. The van der Waals surface area contributed by atoms with Crippen LogP contribution >= 0.6 is 28.1 Å². The highest BCUT2D eigenvalue weighted by Gasteiger charge is 2.14. The summed E-state index contributed by atoms with van der Waals surface area (Å²) in [5, 5.41) is 6.48. The Morgan fingerprint density at radius 3 is 2.29 bits per heavy atom. The Labute approximate surface area is 157 Å². The molecule has 2 aromatic carbocycles. The lowest BCUT2D eigenvalue weighted by atomic mass is 9.86. The van der Waals surface area contributed by atoms with Crippen molar-refractivity contribution in [1.29, 1.82) is 0 Å². The van der Waals surface area contributed by atoms with Crippen LogP contribution in [-0.4, -0.2) is 5.11 Å². The molecular formula is C19H22BrFN2S. The first kappa shape index (κ1) is 18.9. The van der Waals surface area contributed by atoms with Crippen LogP contribution in [0.2, 0.25) is 0 Å². The zero-order valence-corrected chi connectivity index (χ0v) is 16.7. The molecule has 0 spiro atoms. The molecule has 2 rings (SSSR count). The molecule has 0 saturated heterocycles. The van der Waals surface area contributed by atoms with Crippen LogP contribution in [0.5, 0.6) is 0 Å². The van der Waals surface area contributed by atoms with Crippen molar-refractivity contribution in [2.45, 2.75) is 39.2 Å². The van der Waals surface area contributed by atoms with Gasteiger partial charge in [0.1, 0.15) is 5.82 Å². The Kier molecular flexibility index (Phi) is 5.99. The number of rotatable bonds is 3. The Bertz CT molecular complexity index is 723. The minimum atomic E-state index is -0.351. The first-order valence-electron chi connectivity index (χ1n) is 7.80. The van der Waals surface area contributed by atoms with Crippen molar-refractivity contribution in [3.63, 3.8) is 0 Å². The van der Waals surface area contributed by atoms with Crippen molar-refractivity contribution in [2.24, 2.45) is 0 Å². The van der Waals surface area contributed by atoms with Gasteiger partial charge in [-0.05, 0) is 53.9 Å². The smallest absolute Gasteiger partial charge is 0.171 e. The molecule has 0 heterocycles. The molecule has 0 unspecified atom stereocenters. The minimum absolute atomic E-state index is 0.0255. The second-order valence-corrected chi connectivity index (χ2v) is 8.14. The van der Waals surface area contributed by atoms with Gasteiger partial charge in [-0.1, -0.05) is 61.0 Å². The minimum Gasteiger partial charge on any atom is -0.356 e.